The van der Waals surface area contributed by atoms with Gasteiger partial charge in [0.25, 0.3) is 5.91 Å². The van der Waals surface area contributed by atoms with Crippen molar-refractivity contribution in [3.8, 4) is 0 Å². The summed E-state index contributed by atoms with van der Waals surface area (Å²) in [6.07, 6.45) is -6.07. The summed E-state index contributed by atoms with van der Waals surface area (Å²) >= 11 is 0. The van der Waals surface area contributed by atoms with Gasteiger partial charge in [0.05, 0.1) is 12.1 Å². The summed E-state index contributed by atoms with van der Waals surface area (Å²) < 4.78 is 41.5. The summed E-state index contributed by atoms with van der Waals surface area (Å²) in [5, 5.41) is 13.6. The van der Waals surface area contributed by atoms with Crippen LogP contribution in [0.4, 0.5) is 18.9 Å². The second kappa shape index (κ2) is 5.31. The summed E-state index contributed by atoms with van der Waals surface area (Å²) in [5.41, 5.74) is -2.11. The monoisotopic (exact) mass is 348 g/mol. The van der Waals surface area contributed by atoms with Crippen molar-refractivity contribution >= 4 is 11.6 Å². The molecular weight excluding hydrogens is 333 g/mol. The lowest BCUT2D eigenvalue weighted by Crippen LogP contribution is -2.54. The largest absolute Gasteiger partial charge is 0.427 e. The Balaban J connectivity index is 1.93. The van der Waals surface area contributed by atoms with Crippen LogP contribution in [0.3, 0.4) is 0 Å². The van der Waals surface area contributed by atoms with E-state index in [1.165, 1.54) is 12.1 Å². The number of anilines is 1. The maximum Gasteiger partial charge on any atom is 0.427 e. The Morgan fingerprint density at radius 1 is 1.08 bits per heavy atom. The topological polar surface area (TPSA) is 52.6 Å². The zero-order chi connectivity index (χ0) is 17.8. The number of aliphatic hydroxyl groups is 1. The number of hydrogen-bond acceptors (Lipinski definition) is 3. The Morgan fingerprint density at radius 2 is 1.72 bits per heavy atom. The number of alkyl halides is 3. The number of amides is 1. The number of hydrogen-bond donors (Lipinski definition) is 2. The van der Waals surface area contributed by atoms with Gasteiger partial charge in [-0.2, -0.15) is 13.2 Å². The molecule has 2 aliphatic rings. The summed E-state index contributed by atoms with van der Waals surface area (Å²) in [4.78, 5) is 13.8. The van der Waals surface area contributed by atoms with Crippen LogP contribution in [-0.2, 0) is 11.3 Å². The number of fused-ring (bicyclic) bond motifs is 3. The molecule has 25 heavy (non-hydrogen) atoms. The molecule has 2 aromatic carbocycles. The van der Waals surface area contributed by atoms with Crippen molar-refractivity contribution in [1.82, 2.24) is 5.32 Å². The minimum atomic E-state index is -5.10. The lowest BCUT2D eigenvalue weighted by molar-refractivity contribution is -0.252. The van der Waals surface area contributed by atoms with E-state index in [4.69, 9.17) is 0 Å². The Kier molecular flexibility index (Phi) is 3.42. The van der Waals surface area contributed by atoms with Crippen LogP contribution in [0.2, 0.25) is 0 Å². The van der Waals surface area contributed by atoms with Gasteiger partial charge in [0.15, 0.2) is 0 Å². The highest BCUT2D eigenvalue weighted by Crippen LogP contribution is 2.52. The lowest BCUT2D eigenvalue weighted by Gasteiger charge is -2.35. The zero-order valence-electron chi connectivity index (χ0n) is 13.0. The fourth-order valence-corrected chi connectivity index (χ4v) is 3.78. The molecule has 2 N–H and O–H groups in total. The molecule has 0 aliphatic carbocycles. The van der Waals surface area contributed by atoms with Gasteiger partial charge in [-0.25, -0.2) is 0 Å². The van der Waals surface area contributed by atoms with Crippen LogP contribution in [-0.4, -0.2) is 29.0 Å². The second-order valence-electron chi connectivity index (χ2n) is 6.28. The first-order valence-corrected chi connectivity index (χ1v) is 7.84. The standard InChI is InChI=1S/C18H15F3N2O2/c19-18(20,21)17(25)14(11-6-2-1-3-7-11)15-22-10-12-8-4-5-9-13(12)23(15)16(17)24/h1-9,14-15,22,25H,10H2/t14-,15+,17-/m0/s1. The lowest BCUT2D eigenvalue weighted by atomic mass is 9.82. The zero-order valence-corrected chi connectivity index (χ0v) is 13.0. The maximum absolute atomic E-state index is 13.8. The molecule has 0 aromatic heterocycles. The molecule has 3 atom stereocenters. The smallest absolute Gasteiger partial charge is 0.372 e. The minimum absolute atomic E-state index is 0.259. The molecule has 0 unspecified atom stereocenters. The van der Waals surface area contributed by atoms with E-state index in [0.29, 0.717) is 17.8 Å². The summed E-state index contributed by atoms with van der Waals surface area (Å²) in [7, 11) is 0. The fourth-order valence-electron chi connectivity index (χ4n) is 3.78. The van der Waals surface area contributed by atoms with E-state index in [-0.39, 0.29) is 5.56 Å². The maximum atomic E-state index is 13.8. The quantitative estimate of drug-likeness (QED) is 0.833. The number of carbonyl (C=O) groups excluding carboxylic acids is 1. The number of benzene rings is 2. The van der Waals surface area contributed by atoms with Crippen LogP contribution in [0.1, 0.15) is 17.0 Å². The van der Waals surface area contributed by atoms with Crippen molar-refractivity contribution in [3.63, 3.8) is 0 Å². The van der Waals surface area contributed by atoms with E-state index in [0.717, 1.165) is 4.90 Å². The second-order valence-corrected chi connectivity index (χ2v) is 6.28. The molecule has 1 saturated heterocycles. The van der Waals surface area contributed by atoms with Crippen molar-refractivity contribution in [1.29, 1.82) is 0 Å². The van der Waals surface area contributed by atoms with Crippen molar-refractivity contribution in [2.24, 2.45) is 0 Å². The predicted octanol–water partition coefficient (Wildman–Crippen LogP) is 2.54. The summed E-state index contributed by atoms with van der Waals surface area (Å²) in [5.74, 6) is -2.81. The third-order valence-electron chi connectivity index (χ3n) is 4.93. The van der Waals surface area contributed by atoms with Crippen molar-refractivity contribution in [2.45, 2.75) is 30.4 Å². The Labute approximate surface area is 141 Å². The SMILES string of the molecule is O=C1N2c3ccccc3CN[C@H]2[C@H](c2ccccc2)[C@@]1(O)C(F)(F)F. The molecule has 2 heterocycles. The molecule has 4 rings (SSSR count). The summed E-state index contributed by atoms with van der Waals surface area (Å²) in [6, 6.07) is 14.6. The van der Waals surface area contributed by atoms with E-state index in [9.17, 15) is 23.1 Å². The number of para-hydroxylation sites is 1. The molecule has 2 aromatic rings. The Hall–Kier alpha value is -2.38. The van der Waals surface area contributed by atoms with Crippen molar-refractivity contribution in [3.05, 3.63) is 65.7 Å². The molecule has 7 heteroatoms. The van der Waals surface area contributed by atoms with E-state index in [1.54, 1.807) is 42.5 Å². The molecule has 0 spiro atoms. The molecule has 2 aliphatic heterocycles. The average molecular weight is 348 g/mol. The third-order valence-corrected chi connectivity index (χ3v) is 4.93. The van der Waals surface area contributed by atoms with Gasteiger partial charge >= 0.3 is 6.18 Å². The van der Waals surface area contributed by atoms with Crippen LogP contribution in [0, 0.1) is 0 Å². The van der Waals surface area contributed by atoms with Crippen LogP contribution >= 0.6 is 0 Å². The van der Waals surface area contributed by atoms with Crippen molar-refractivity contribution < 1.29 is 23.1 Å². The third kappa shape index (κ3) is 2.12. The first kappa shape index (κ1) is 16.1. The highest BCUT2D eigenvalue weighted by Gasteiger charge is 2.73. The number of nitrogens with one attached hydrogen (secondary N) is 1. The van der Waals surface area contributed by atoms with E-state index in [2.05, 4.69) is 5.32 Å². The molecular formula is C18H15F3N2O2. The highest BCUT2D eigenvalue weighted by atomic mass is 19.4. The molecule has 1 fully saturated rings. The number of halogens is 3. The van der Waals surface area contributed by atoms with Crippen LogP contribution in [0.15, 0.2) is 54.6 Å². The normalized spacial score (nSPS) is 28.6. The first-order chi connectivity index (χ1) is 11.9. The van der Waals surface area contributed by atoms with Gasteiger partial charge in [0.2, 0.25) is 5.60 Å². The summed E-state index contributed by atoms with van der Waals surface area (Å²) in [6.45, 7) is 0.321. The molecule has 4 nitrogen and oxygen atoms in total. The van der Waals surface area contributed by atoms with Gasteiger partial charge < -0.3 is 5.11 Å². The van der Waals surface area contributed by atoms with E-state index < -0.39 is 29.8 Å². The van der Waals surface area contributed by atoms with Crippen molar-refractivity contribution in [2.75, 3.05) is 4.90 Å². The van der Waals surface area contributed by atoms with Gasteiger partial charge in [0.1, 0.15) is 0 Å². The van der Waals surface area contributed by atoms with Gasteiger partial charge in [0, 0.05) is 12.2 Å². The predicted molar refractivity (Wildman–Crippen MR) is 84.7 cm³/mol. The fraction of sp³-hybridized carbons (Fsp3) is 0.278. The Morgan fingerprint density at radius 3 is 2.40 bits per heavy atom. The molecule has 0 radical (unpaired) electrons. The number of nitrogens with zero attached hydrogens (tertiary/aromatic N) is 1. The molecule has 0 saturated carbocycles. The first-order valence-electron chi connectivity index (χ1n) is 7.84. The molecule has 0 bridgehead atoms. The van der Waals surface area contributed by atoms with Gasteiger partial charge in [-0.05, 0) is 17.2 Å². The molecule has 130 valence electrons. The van der Waals surface area contributed by atoms with E-state index in [1.807, 2.05) is 0 Å². The van der Waals surface area contributed by atoms with Gasteiger partial charge in [-0.3, -0.25) is 15.0 Å². The molecule has 1 amide bonds. The van der Waals surface area contributed by atoms with Gasteiger partial charge in [-0.1, -0.05) is 48.5 Å². The minimum Gasteiger partial charge on any atom is -0.372 e. The van der Waals surface area contributed by atoms with E-state index >= 15 is 0 Å². The highest BCUT2D eigenvalue weighted by molar-refractivity contribution is 6.05. The number of carbonyl (C=O) groups is 1. The average Bonchev–Trinajstić information content (AvgIpc) is 2.84. The van der Waals surface area contributed by atoms with Crippen LogP contribution in [0.25, 0.3) is 0 Å². The van der Waals surface area contributed by atoms with Crippen LogP contribution < -0.4 is 10.2 Å². The Bertz CT molecular complexity index is 825. The van der Waals surface area contributed by atoms with Crippen LogP contribution in [0.5, 0.6) is 0 Å². The van der Waals surface area contributed by atoms with Gasteiger partial charge in [-0.15, -0.1) is 0 Å². The number of rotatable bonds is 1.